The van der Waals surface area contributed by atoms with Crippen LogP contribution in [-0.4, -0.2) is 34.3 Å². The van der Waals surface area contributed by atoms with Crippen molar-refractivity contribution in [2.24, 2.45) is 0 Å². The molecule has 1 aromatic heterocycles. The van der Waals surface area contributed by atoms with Gasteiger partial charge < -0.3 is 14.8 Å². The maximum atomic E-state index is 11.1. The van der Waals surface area contributed by atoms with Gasteiger partial charge in [0.15, 0.2) is 0 Å². The first kappa shape index (κ1) is 11.2. The summed E-state index contributed by atoms with van der Waals surface area (Å²) in [6.45, 7) is -0.289. The monoisotopic (exact) mass is 214 g/mol. The van der Waals surface area contributed by atoms with E-state index in [1.54, 1.807) is 0 Å². The topological polar surface area (TPSA) is 112 Å². The summed E-state index contributed by atoms with van der Waals surface area (Å²) in [7, 11) is 0. The fourth-order valence-corrected chi connectivity index (χ4v) is 0.965. The molecule has 0 aliphatic heterocycles. The molecule has 0 radical (unpaired) electrons. The van der Waals surface area contributed by atoms with Gasteiger partial charge in [-0.15, -0.1) is 0 Å². The van der Waals surface area contributed by atoms with E-state index in [4.69, 9.17) is 9.84 Å². The van der Waals surface area contributed by atoms with Crippen molar-refractivity contribution in [3.63, 3.8) is 0 Å². The van der Waals surface area contributed by atoms with Gasteiger partial charge in [0.2, 0.25) is 0 Å². The Bertz CT molecular complexity index is 447. The van der Waals surface area contributed by atoms with Gasteiger partial charge >= 0.3 is 11.7 Å². The zero-order valence-corrected chi connectivity index (χ0v) is 7.78. The first-order valence-electron chi connectivity index (χ1n) is 4.20. The number of H-pyrrole nitrogens is 2. The molecule has 1 aromatic rings. The quantitative estimate of drug-likeness (QED) is 0.528. The molecule has 1 heterocycles. The smallest absolute Gasteiger partial charge is 0.329 e. The average molecular weight is 214 g/mol. The van der Waals surface area contributed by atoms with E-state index in [0.717, 1.165) is 0 Å². The molecule has 1 rings (SSSR count). The second kappa shape index (κ2) is 5.11. The molecule has 0 saturated heterocycles. The van der Waals surface area contributed by atoms with Crippen molar-refractivity contribution in [3.8, 4) is 0 Å². The Morgan fingerprint density at radius 2 is 2.20 bits per heavy atom. The molecule has 7 heteroatoms. The summed E-state index contributed by atoms with van der Waals surface area (Å²) in [6.07, 6.45) is 1.53. The highest BCUT2D eigenvalue weighted by Gasteiger charge is 2.01. The number of aliphatic carboxylic acids is 1. The summed E-state index contributed by atoms with van der Waals surface area (Å²) < 4.78 is 4.74. The second-order valence-corrected chi connectivity index (χ2v) is 2.79. The molecule has 7 nitrogen and oxygen atoms in total. The number of hydrogen-bond acceptors (Lipinski definition) is 4. The van der Waals surface area contributed by atoms with Crippen molar-refractivity contribution in [2.75, 3.05) is 13.2 Å². The summed E-state index contributed by atoms with van der Waals surface area (Å²) in [5.41, 5.74) is -0.715. The number of hydrogen-bond donors (Lipinski definition) is 3. The van der Waals surface area contributed by atoms with Crippen LogP contribution < -0.4 is 11.2 Å². The summed E-state index contributed by atoms with van der Waals surface area (Å²) >= 11 is 0. The van der Waals surface area contributed by atoms with Crippen LogP contribution in [0.2, 0.25) is 0 Å². The van der Waals surface area contributed by atoms with Crippen LogP contribution in [0.25, 0.3) is 0 Å². The van der Waals surface area contributed by atoms with Gasteiger partial charge in [0.1, 0.15) is 6.61 Å². The number of ether oxygens (including phenoxy) is 1. The highest BCUT2D eigenvalue weighted by atomic mass is 16.5. The van der Waals surface area contributed by atoms with Crippen molar-refractivity contribution in [3.05, 3.63) is 32.6 Å². The minimum absolute atomic E-state index is 0.113. The first-order chi connectivity index (χ1) is 7.09. The van der Waals surface area contributed by atoms with Crippen LogP contribution in [-0.2, 0) is 16.0 Å². The molecule has 82 valence electrons. The molecule has 0 aromatic carbocycles. The van der Waals surface area contributed by atoms with E-state index in [-0.39, 0.29) is 13.0 Å². The lowest BCUT2D eigenvalue weighted by atomic mass is 10.2. The highest BCUT2D eigenvalue weighted by Crippen LogP contribution is 1.88. The summed E-state index contributed by atoms with van der Waals surface area (Å²) in [5.74, 6) is -1.06. The molecule has 0 spiro atoms. The van der Waals surface area contributed by atoms with Crippen LogP contribution in [0.3, 0.4) is 0 Å². The normalized spacial score (nSPS) is 10.1. The SMILES string of the molecule is O=C(O)COCCc1c[nH]c(=O)[nH]c1=O. The maximum absolute atomic E-state index is 11.1. The third kappa shape index (κ3) is 3.77. The van der Waals surface area contributed by atoms with Crippen molar-refractivity contribution in [1.82, 2.24) is 9.97 Å². The van der Waals surface area contributed by atoms with Gasteiger partial charge in [-0.1, -0.05) is 0 Å². The van der Waals surface area contributed by atoms with E-state index < -0.39 is 23.8 Å². The lowest BCUT2D eigenvalue weighted by molar-refractivity contribution is -0.142. The van der Waals surface area contributed by atoms with E-state index in [2.05, 4.69) is 4.98 Å². The molecular weight excluding hydrogens is 204 g/mol. The minimum Gasteiger partial charge on any atom is -0.480 e. The van der Waals surface area contributed by atoms with Crippen molar-refractivity contribution in [1.29, 1.82) is 0 Å². The lowest BCUT2D eigenvalue weighted by Crippen LogP contribution is -2.25. The van der Waals surface area contributed by atoms with Gasteiger partial charge in [0.05, 0.1) is 6.61 Å². The summed E-state index contributed by atoms with van der Waals surface area (Å²) in [4.78, 5) is 36.2. The predicted molar refractivity (Wildman–Crippen MR) is 49.8 cm³/mol. The van der Waals surface area contributed by atoms with Crippen LogP contribution in [0.5, 0.6) is 0 Å². The molecule has 0 unspecified atom stereocenters. The fraction of sp³-hybridized carbons (Fsp3) is 0.375. The molecule has 0 aliphatic rings. The number of nitrogens with one attached hydrogen (secondary N) is 2. The fourth-order valence-electron chi connectivity index (χ4n) is 0.965. The van der Waals surface area contributed by atoms with Gasteiger partial charge in [-0.05, 0) is 0 Å². The zero-order chi connectivity index (χ0) is 11.3. The van der Waals surface area contributed by atoms with E-state index in [0.29, 0.717) is 5.56 Å². The van der Waals surface area contributed by atoms with Gasteiger partial charge in [0.25, 0.3) is 5.56 Å². The molecule has 0 bridgehead atoms. The van der Waals surface area contributed by atoms with Crippen LogP contribution in [0.15, 0.2) is 15.8 Å². The van der Waals surface area contributed by atoms with Crippen LogP contribution in [0.4, 0.5) is 0 Å². The Morgan fingerprint density at radius 3 is 2.80 bits per heavy atom. The second-order valence-electron chi connectivity index (χ2n) is 2.79. The largest absolute Gasteiger partial charge is 0.480 e. The van der Waals surface area contributed by atoms with Gasteiger partial charge in [-0.25, -0.2) is 9.59 Å². The third-order valence-electron chi connectivity index (χ3n) is 1.64. The summed E-state index contributed by atoms with van der Waals surface area (Å²) in [5, 5.41) is 8.26. The molecule has 3 N–H and O–H groups in total. The van der Waals surface area contributed by atoms with Crippen molar-refractivity contribution in [2.45, 2.75) is 6.42 Å². The number of carboxylic acid groups (broad SMARTS) is 1. The van der Waals surface area contributed by atoms with Gasteiger partial charge in [0, 0.05) is 18.2 Å². The Balaban J connectivity index is 2.48. The van der Waals surface area contributed by atoms with Gasteiger partial charge in [-0.2, -0.15) is 0 Å². The Labute approximate surface area is 83.7 Å². The first-order valence-corrected chi connectivity index (χ1v) is 4.20. The van der Waals surface area contributed by atoms with E-state index >= 15 is 0 Å². The van der Waals surface area contributed by atoms with Crippen molar-refractivity contribution >= 4 is 5.97 Å². The molecule has 0 fully saturated rings. The number of carbonyl (C=O) groups is 1. The molecule has 0 aliphatic carbocycles. The minimum atomic E-state index is -1.06. The zero-order valence-electron chi connectivity index (χ0n) is 7.78. The van der Waals surface area contributed by atoms with Crippen LogP contribution >= 0.6 is 0 Å². The predicted octanol–water partition coefficient (Wildman–Crippen LogP) is -1.29. The average Bonchev–Trinajstić information content (AvgIpc) is 2.14. The lowest BCUT2D eigenvalue weighted by Gasteiger charge is -1.99. The maximum Gasteiger partial charge on any atom is 0.329 e. The Kier molecular flexibility index (Phi) is 3.81. The molecule has 0 amide bonds. The molecule has 0 saturated carbocycles. The van der Waals surface area contributed by atoms with Gasteiger partial charge in [-0.3, -0.25) is 9.78 Å². The number of carboxylic acids is 1. The highest BCUT2D eigenvalue weighted by molar-refractivity contribution is 5.67. The standard InChI is InChI=1S/C8H10N2O5/c11-6(12)4-15-2-1-5-3-9-8(14)10-7(5)13/h3H,1-2,4H2,(H,11,12)(H2,9,10,13,14). The number of aromatic nitrogens is 2. The molecule has 0 atom stereocenters. The van der Waals surface area contributed by atoms with Crippen LogP contribution in [0.1, 0.15) is 5.56 Å². The van der Waals surface area contributed by atoms with E-state index in [9.17, 15) is 14.4 Å². The third-order valence-corrected chi connectivity index (χ3v) is 1.64. The van der Waals surface area contributed by atoms with E-state index in [1.807, 2.05) is 4.98 Å². The van der Waals surface area contributed by atoms with Crippen LogP contribution in [0, 0.1) is 0 Å². The van der Waals surface area contributed by atoms with Crippen molar-refractivity contribution < 1.29 is 14.6 Å². The summed E-state index contributed by atoms with van der Waals surface area (Å²) in [6, 6.07) is 0. The van der Waals surface area contributed by atoms with E-state index in [1.165, 1.54) is 6.20 Å². The number of rotatable bonds is 5. The Morgan fingerprint density at radius 1 is 1.47 bits per heavy atom. The molecule has 15 heavy (non-hydrogen) atoms. The Hall–Kier alpha value is -1.89. The number of aromatic amines is 2. The molecular formula is C8H10N2O5.